The molecule has 3 rings (SSSR count). The lowest BCUT2D eigenvalue weighted by Crippen LogP contribution is -2.51. The van der Waals surface area contributed by atoms with Crippen LogP contribution in [0.1, 0.15) is 25.3 Å². The topological polar surface area (TPSA) is 50.9 Å². The van der Waals surface area contributed by atoms with E-state index in [1.807, 2.05) is 0 Å². The number of aromatic nitrogens is 3. The predicted molar refractivity (Wildman–Crippen MR) is 89.7 cm³/mol. The summed E-state index contributed by atoms with van der Waals surface area (Å²) in [5.74, 6) is -0.136. The summed E-state index contributed by atoms with van der Waals surface area (Å²) in [4.78, 5) is 3.98. The number of halogens is 2. The number of hydrogen-bond acceptors (Lipinski definition) is 3. The normalized spacial score (nSPS) is 30.7. The highest BCUT2D eigenvalue weighted by Gasteiger charge is 2.56. The van der Waals surface area contributed by atoms with Gasteiger partial charge in [-0.05, 0) is 42.9 Å². The van der Waals surface area contributed by atoms with Crippen molar-refractivity contribution in [3.8, 4) is 0 Å². The smallest absolute Gasteiger partial charge is 0.137 e. The van der Waals surface area contributed by atoms with Crippen molar-refractivity contribution in [2.45, 2.75) is 38.3 Å². The van der Waals surface area contributed by atoms with Gasteiger partial charge in [-0.1, -0.05) is 35.0 Å². The van der Waals surface area contributed by atoms with E-state index in [0.717, 1.165) is 30.2 Å². The summed E-state index contributed by atoms with van der Waals surface area (Å²) in [6.45, 7) is 2.53. The number of aliphatic hydroxyl groups is 1. The van der Waals surface area contributed by atoms with Gasteiger partial charge in [0, 0.05) is 10.7 Å². The van der Waals surface area contributed by atoms with Crippen molar-refractivity contribution in [3.63, 3.8) is 0 Å². The molecule has 0 aliphatic heterocycles. The maximum absolute atomic E-state index is 13.1. The summed E-state index contributed by atoms with van der Waals surface area (Å²) < 4.78 is 14.8. The van der Waals surface area contributed by atoms with Crippen LogP contribution in [0.4, 0.5) is 4.39 Å². The van der Waals surface area contributed by atoms with Crippen LogP contribution >= 0.6 is 15.9 Å². The van der Waals surface area contributed by atoms with Gasteiger partial charge in [-0.2, -0.15) is 5.10 Å². The molecule has 2 aromatic rings. The Morgan fingerprint density at radius 3 is 2.74 bits per heavy atom. The lowest BCUT2D eigenvalue weighted by Gasteiger charge is -2.42. The van der Waals surface area contributed by atoms with E-state index in [0.29, 0.717) is 6.54 Å². The summed E-state index contributed by atoms with van der Waals surface area (Å²) >= 11 is 3.58. The van der Waals surface area contributed by atoms with Crippen molar-refractivity contribution in [1.29, 1.82) is 0 Å². The lowest BCUT2D eigenvalue weighted by atomic mass is 9.72. The summed E-state index contributed by atoms with van der Waals surface area (Å²) in [5, 5.41) is 16.5. The molecule has 1 N–H and O–H groups in total. The summed E-state index contributed by atoms with van der Waals surface area (Å²) in [5.41, 5.74) is -0.0744. The molecule has 124 valence electrons. The first-order chi connectivity index (χ1) is 11.0. The van der Waals surface area contributed by atoms with Gasteiger partial charge >= 0.3 is 0 Å². The largest absolute Gasteiger partial charge is 0.387 e. The third-order valence-electron chi connectivity index (χ3n) is 5.33. The zero-order valence-electron chi connectivity index (χ0n) is 13.1. The molecule has 3 atom stereocenters. The summed E-state index contributed by atoms with van der Waals surface area (Å²) in [6, 6.07) is 6.55. The van der Waals surface area contributed by atoms with Crippen LogP contribution in [0.15, 0.2) is 36.9 Å². The molecule has 0 bridgehead atoms. The van der Waals surface area contributed by atoms with E-state index in [2.05, 4.69) is 32.9 Å². The van der Waals surface area contributed by atoms with E-state index in [9.17, 15) is 9.50 Å². The Morgan fingerprint density at radius 2 is 2.13 bits per heavy atom. The van der Waals surface area contributed by atoms with Gasteiger partial charge < -0.3 is 5.11 Å². The van der Waals surface area contributed by atoms with Crippen molar-refractivity contribution >= 4 is 15.9 Å². The van der Waals surface area contributed by atoms with Crippen LogP contribution in [0.2, 0.25) is 0 Å². The van der Waals surface area contributed by atoms with Crippen LogP contribution in [0.5, 0.6) is 0 Å². The molecule has 1 fully saturated rings. The lowest BCUT2D eigenvalue weighted by molar-refractivity contribution is -0.0880. The third kappa shape index (κ3) is 3.06. The summed E-state index contributed by atoms with van der Waals surface area (Å²) in [6.07, 6.45) is 5.73. The van der Waals surface area contributed by atoms with E-state index >= 15 is 0 Å². The SMILES string of the molecule is CC1(CBr)CCC(Cc2ccc(F)cc2)C1(O)Cn1cncn1. The van der Waals surface area contributed by atoms with Gasteiger partial charge in [0.2, 0.25) is 0 Å². The zero-order valence-corrected chi connectivity index (χ0v) is 14.7. The minimum atomic E-state index is -0.890. The molecule has 6 heteroatoms. The van der Waals surface area contributed by atoms with Crippen molar-refractivity contribution in [1.82, 2.24) is 14.8 Å². The molecule has 0 saturated heterocycles. The fourth-order valence-corrected chi connectivity index (χ4v) is 4.45. The quantitative estimate of drug-likeness (QED) is 0.809. The van der Waals surface area contributed by atoms with Gasteiger partial charge in [-0.3, -0.25) is 4.68 Å². The molecule has 0 amide bonds. The minimum Gasteiger partial charge on any atom is -0.387 e. The molecule has 1 heterocycles. The molecule has 4 nitrogen and oxygen atoms in total. The minimum absolute atomic E-state index is 0.0970. The standard InChI is InChI=1S/C17H21BrFN3O/c1-16(9-18)7-6-14(8-13-2-4-15(19)5-3-13)17(16,23)10-22-12-20-11-21-22/h2-5,11-12,14,23H,6-10H2,1H3. The van der Waals surface area contributed by atoms with Gasteiger partial charge in [0.25, 0.3) is 0 Å². The first kappa shape index (κ1) is 16.6. The van der Waals surface area contributed by atoms with Crippen molar-refractivity contribution in [2.24, 2.45) is 11.3 Å². The number of rotatable bonds is 5. The van der Waals surface area contributed by atoms with Crippen molar-refractivity contribution in [3.05, 3.63) is 48.3 Å². The zero-order chi connectivity index (χ0) is 16.5. The second-order valence-electron chi connectivity index (χ2n) is 6.78. The second kappa shape index (κ2) is 6.32. The van der Waals surface area contributed by atoms with E-state index in [1.165, 1.54) is 18.5 Å². The second-order valence-corrected chi connectivity index (χ2v) is 7.34. The molecule has 1 aromatic carbocycles. The van der Waals surface area contributed by atoms with Gasteiger partial charge in [0.15, 0.2) is 0 Å². The van der Waals surface area contributed by atoms with Crippen LogP contribution < -0.4 is 0 Å². The Morgan fingerprint density at radius 1 is 1.39 bits per heavy atom. The van der Waals surface area contributed by atoms with E-state index in [-0.39, 0.29) is 17.2 Å². The number of hydrogen-bond donors (Lipinski definition) is 1. The van der Waals surface area contributed by atoms with Crippen LogP contribution in [0.3, 0.4) is 0 Å². The van der Waals surface area contributed by atoms with E-state index < -0.39 is 5.60 Å². The van der Waals surface area contributed by atoms with Crippen LogP contribution in [0, 0.1) is 17.2 Å². The highest BCUT2D eigenvalue weighted by molar-refractivity contribution is 9.09. The first-order valence-electron chi connectivity index (χ1n) is 7.82. The summed E-state index contributed by atoms with van der Waals surface area (Å²) in [7, 11) is 0. The van der Waals surface area contributed by atoms with Crippen molar-refractivity contribution < 1.29 is 9.50 Å². The Kier molecular flexibility index (Phi) is 4.56. The monoisotopic (exact) mass is 381 g/mol. The Bertz CT molecular complexity index is 648. The Balaban J connectivity index is 1.87. The van der Waals surface area contributed by atoms with Gasteiger partial charge in [-0.25, -0.2) is 9.37 Å². The highest BCUT2D eigenvalue weighted by atomic mass is 79.9. The van der Waals surface area contributed by atoms with Crippen LogP contribution in [0.25, 0.3) is 0 Å². The molecule has 23 heavy (non-hydrogen) atoms. The predicted octanol–water partition coefficient (Wildman–Crippen LogP) is 3.20. The van der Waals surface area contributed by atoms with Gasteiger partial charge in [0.05, 0.1) is 12.1 Å². The van der Waals surface area contributed by atoms with E-state index in [4.69, 9.17) is 0 Å². The Labute approximate surface area is 143 Å². The van der Waals surface area contributed by atoms with Gasteiger partial charge in [-0.15, -0.1) is 0 Å². The maximum Gasteiger partial charge on any atom is 0.137 e. The van der Waals surface area contributed by atoms with Crippen molar-refractivity contribution in [2.75, 3.05) is 5.33 Å². The molecular formula is C17H21BrFN3O. The average molecular weight is 382 g/mol. The molecule has 1 aromatic heterocycles. The highest BCUT2D eigenvalue weighted by Crippen LogP contribution is 2.52. The third-order valence-corrected chi connectivity index (χ3v) is 6.56. The molecule has 0 spiro atoms. The number of alkyl halides is 1. The van der Waals surface area contributed by atoms with Crippen LogP contribution in [-0.2, 0) is 13.0 Å². The fourth-order valence-electron chi connectivity index (χ4n) is 3.68. The molecule has 1 aliphatic rings. The molecule has 1 saturated carbocycles. The first-order valence-corrected chi connectivity index (χ1v) is 8.94. The number of nitrogens with zero attached hydrogens (tertiary/aromatic N) is 3. The fraction of sp³-hybridized carbons (Fsp3) is 0.529. The molecule has 3 unspecified atom stereocenters. The van der Waals surface area contributed by atoms with Gasteiger partial charge in [0.1, 0.15) is 18.5 Å². The van der Waals surface area contributed by atoms with E-state index in [1.54, 1.807) is 23.1 Å². The molecular weight excluding hydrogens is 361 g/mol. The molecule has 0 radical (unpaired) electrons. The Hall–Kier alpha value is -1.27. The number of benzene rings is 1. The maximum atomic E-state index is 13.1. The molecule has 1 aliphatic carbocycles. The van der Waals surface area contributed by atoms with Crippen LogP contribution in [-0.4, -0.2) is 30.8 Å². The average Bonchev–Trinajstić information content (AvgIpc) is 3.12.